The molecular weight excluding hydrogens is 351 g/mol. The van der Waals surface area contributed by atoms with Crippen LogP contribution < -0.4 is 10.1 Å². The van der Waals surface area contributed by atoms with E-state index >= 15 is 0 Å². The van der Waals surface area contributed by atoms with E-state index in [0.717, 1.165) is 6.42 Å². The highest BCUT2D eigenvalue weighted by Gasteiger charge is 2.32. The maximum atomic E-state index is 13.8. The number of para-hydroxylation sites is 1. The van der Waals surface area contributed by atoms with Crippen molar-refractivity contribution >= 4 is 11.8 Å². The van der Waals surface area contributed by atoms with E-state index in [-0.39, 0.29) is 36.0 Å². The fourth-order valence-electron chi connectivity index (χ4n) is 3.04. The molecule has 1 aliphatic heterocycles. The van der Waals surface area contributed by atoms with Gasteiger partial charge in [0, 0.05) is 25.2 Å². The van der Waals surface area contributed by atoms with Crippen LogP contribution in [-0.4, -0.2) is 39.8 Å². The van der Waals surface area contributed by atoms with Gasteiger partial charge in [0.15, 0.2) is 17.4 Å². The third-order valence-electron chi connectivity index (χ3n) is 4.26. The predicted octanol–water partition coefficient (Wildman–Crippen LogP) is 2.52. The van der Waals surface area contributed by atoms with E-state index in [2.05, 4.69) is 15.3 Å². The first-order valence-electron chi connectivity index (χ1n) is 8.76. The average molecular weight is 372 g/mol. The van der Waals surface area contributed by atoms with E-state index in [9.17, 15) is 14.0 Å². The molecular formula is C19H21FN4O3. The van der Waals surface area contributed by atoms with Gasteiger partial charge in [0.2, 0.25) is 17.7 Å². The second-order valence-corrected chi connectivity index (χ2v) is 6.39. The molecule has 0 saturated carbocycles. The third-order valence-corrected chi connectivity index (χ3v) is 4.26. The minimum absolute atomic E-state index is 0.0593. The number of nitrogens with zero attached hydrogens (tertiary/aromatic N) is 3. The lowest BCUT2D eigenvalue weighted by Gasteiger charge is -2.24. The quantitative estimate of drug-likeness (QED) is 0.872. The van der Waals surface area contributed by atoms with Crippen molar-refractivity contribution in [2.45, 2.75) is 32.7 Å². The van der Waals surface area contributed by atoms with Crippen LogP contribution in [0.4, 0.5) is 4.39 Å². The number of benzene rings is 1. The van der Waals surface area contributed by atoms with Crippen LogP contribution in [-0.2, 0) is 9.59 Å². The Morgan fingerprint density at radius 2 is 2.11 bits per heavy atom. The van der Waals surface area contributed by atoms with Gasteiger partial charge < -0.3 is 15.0 Å². The summed E-state index contributed by atoms with van der Waals surface area (Å²) in [5.74, 6) is -0.172. The molecule has 1 aliphatic rings. The van der Waals surface area contributed by atoms with Crippen LogP contribution in [0.5, 0.6) is 11.6 Å². The molecule has 1 aromatic carbocycles. The average Bonchev–Trinajstić information content (AvgIpc) is 3.11. The maximum absolute atomic E-state index is 13.8. The van der Waals surface area contributed by atoms with Crippen molar-refractivity contribution in [1.82, 2.24) is 20.2 Å². The summed E-state index contributed by atoms with van der Waals surface area (Å²) in [7, 11) is 0. The number of ether oxygens (including phenoxy) is 1. The lowest BCUT2D eigenvalue weighted by molar-refractivity contribution is -0.133. The summed E-state index contributed by atoms with van der Waals surface area (Å²) < 4.78 is 19.4. The third kappa shape index (κ3) is 4.58. The fraction of sp³-hybridized carbons (Fsp3) is 0.368. The molecule has 27 heavy (non-hydrogen) atoms. The molecule has 142 valence electrons. The van der Waals surface area contributed by atoms with E-state index in [1.54, 1.807) is 30.0 Å². The number of halogens is 1. The van der Waals surface area contributed by atoms with Crippen LogP contribution in [0, 0.1) is 12.7 Å². The first kappa shape index (κ1) is 18.8. The molecule has 0 spiro atoms. The van der Waals surface area contributed by atoms with Crippen LogP contribution in [0.1, 0.15) is 37.3 Å². The lowest BCUT2D eigenvalue weighted by atomic mass is 10.2. The van der Waals surface area contributed by atoms with Gasteiger partial charge >= 0.3 is 0 Å². The molecule has 1 saturated heterocycles. The largest absolute Gasteiger partial charge is 0.436 e. The molecule has 7 nitrogen and oxygen atoms in total. The number of rotatable bonds is 5. The summed E-state index contributed by atoms with van der Waals surface area (Å²) in [6, 6.07) is 7.40. The molecule has 3 rings (SSSR count). The van der Waals surface area contributed by atoms with E-state index in [0.29, 0.717) is 24.5 Å². The van der Waals surface area contributed by atoms with Gasteiger partial charge in [-0.25, -0.2) is 9.37 Å². The zero-order valence-corrected chi connectivity index (χ0v) is 15.2. The summed E-state index contributed by atoms with van der Waals surface area (Å²) in [5.41, 5.74) is 0.660. The topological polar surface area (TPSA) is 84.4 Å². The molecule has 0 unspecified atom stereocenters. The number of amides is 2. The van der Waals surface area contributed by atoms with E-state index in [1.807, 2.05) is 0 Å². The maximum Gasteiger partial charge on any atom is 0.242 e. The van der Waals surface area contributed by atoms with Gasteiger partial charge in [0.25, 0.3) is 0 Å². The number of hydrogen-bond acceptors (Lipinski definition) is 5. The molecule has 2 amide bonds. The summed E-state index contributed by atoms with van der Waals surface area (Å²) in [4.78, 5) is 34.0. The number of carbonyl (C=O) groups excluding carboxylic acids is 2. The lowest BCUT2D eigenvalue weighted by Crippen LogP contribution is -2.39. The summed E-state index contributed by atoms with van der Waals surface area (Å²) >= 11 is 0. The molecule has 2 aromatic rings. The second kappa shape index (κ2) is 8.11. The number of hydrogen-bond donors (Lipinski definition) is 1. The van der Waals surface area contributed by atoms with Gasteiger partial charge in [-0.05, 0) is 31.9 Å². The Labute approximate surface area is 156 Å². The predicted molar refractivity (Wildman–Crippen MR) is 95.6 cm³/mol. The Hall–Kier alpha value is -3.03. The molecule has 1 N–H and O–H groups in total. The van der Waals surface area contributed by atoms with E-state index < -0.39 is 5.82 Å². The van der Waals surface area contributed by atoms with Crippen molar-refractivity contribution in [2.24, 2.45) is 0 Å². The summed E-state index contributed by atoms with van der Waals surface area (Å²) in [6.45, 7) is 3.67. The van der Waals surface area contributed by atoms with Gasteiger partial charge in [0.1, 0.15) is 0 Å². The number of likely N-dealkylation sites (tertiary alicyclic amines) is 1. The zero-order valence-electron chi connectivity index (χ0n) is 15.2. The Kier molecular flexibility index (Phi) is 5.63. The van der Waals surface area contributed by atoms with Crippen molar-refractivity contribution < 1.29 is 18.7 Å². The van der Waals surface area contributed by atoms with Crippen LogP contribution in [0.3, 0.4) is 0 Å². The molecule has 0 radical (unpaired) electrons. The highest BCUT2D eigenvalue weighted by molar-refractivity contribution is 5.84. The number of carbonyl (C=O) groups is 2. The Morgan fingerprint density at radius 1 is 1.33 bits per heavy atom. The molecule has 1 aromatic heterocycles. The monoisotopic (exact) mass is 372 g/mol. The van der Waals surface area contributed by atoms with Crippen molar-refractivity contribution in [3.05, 3.63) is 47.7 Å². The van der Waals surface area contributed by atoms with Crippen molar-refractivity contribution in [2.75, 3.05) is 13.1 Å². The zero-order chi connectivity index (χ0) is 19.4. The highest BCUT2D eigenvalue weighted by Crippen LogP contribution is 2.32. The van der Waals surface area contributed by atoms with Crippen molar-refractivity contribution in [3.8, 4) is 11.6 Å². The summed E-state index contributed by atoms with van der Waals surface area (Å²) in [5, 5.41) is 2.52. The minimum Gasteiger partial charge on any atom is -0.436 e. The highest BCUT2D eigenvalue weighted by atomic mass is 19.1. The normalized spacial score (nSPS) is 16.3. The number of aryl methyl sites for hydroxylation is 1. The Balaban J connectivity index is 1.81. The van der Waals surface area contributed by atoms with Gasteiger partial charge in [-0.3, -0.25) is 9.59 Å². The van der Waals surface area contributed by atoms with Crippen LogP contribution in [0.25, 0.3) is 0 Å². The SMILES string of the molecule is CC(=O)NCC(=O)N1CCC[C@H]1c1nc(C)cc(Oc2ccccc2F)n1. The van der Waals surface area contributed by atoms with Crippen molar-refractivity contribution in [3.63, 3.8) is 0 Å². The second-order valence-electron chi connectivity index (χ2n) is 6.39. The van der Waals surface area contributed by atoms with E-state index in [4.69, 9.17) is 4.74 Å². The van der Waals surface area contributed by atoms with Crippen LogP contribution >= 0.6 is 0 Å². The minimum atomic E-state index is -0.483. The first-order valence-corrected chi connectivity index (χ1v) is 8.76. The van der Waals surface area contributed by atoms with E-state index in [1.165, 1.54) is 19.1 Å². The van der Waals surface area contributed by atoms with Gasteiger partial charge in [-0.1, -0.05) is 12.1 Å². The molecule has 1 fully saturated rings. The smallest absolute Gasteiger partial charge is 0.242 e. The van der Waals surface area contributed by atoms with Crippen LogP contribution in [0.2, 0.25) is 0 Å². The van der Waals surface area contributed by atoms with Gasteiger partial charge in [-0.2, -0.15) is 4.98 Å². The Morgan fingerprint density at radius 3 is 2.85 bits per heavy atom. The fourth-order valence-corrected chi connectivity index (χ4v) is 3.04. The molecule has 0 bridgehead atoms. The first-order chi connectivity index (χ1) is 12.9. The van der Waals surface area contributed by atoms with Crippen LogP contribution in [0.15, 0.2) is 30.3 Å². The molecule has 2 heterocycles. The van der Waals surface area contributed by atoms with Gasteiger partial charge in [0.05, 0.1) is 12.6 Å². The van der Waals surface area contributed by atoms with Gasteiger partial charge in [-0.15, -0.1) is 0 Å². The molecule has 0 aliphatic carbocycles. The Bertz CT molecular complexity index is 859. The number of nitrogens with one attached hydrogen (secondary N) is 1. The molecule has 1 atom stereocenters. The standard InChI is InChI=1S/C19H21FN4O3/c1-12-10-17(27-16-8-4-3-6-14(16)20)23-19(22-12)15-7-5-9-24(15)18(26)11-21-13(2)25/h3-4,6,8,10,15H,5,7,9,11H2,1-2H3,(H,21,25)/t15-/m0/s1. The summed E-state index contributed by atoms with van der Waals surface area (Å²) in [6.07, 6.45) is 1.53. The van der Waals surface area contributed by atoms with Crippen molar-refractivity contribution in [1.29, 1.82) is 0 Å². The number of aromatic nitrogens is 2. The molecule has 8 heteroatoms.